The third-order valence-electron chi connectivity index (χ3n) is 3.01. The number of hydrazine groups is 1. The van der Waals surface area contributed by atoms with E-state index in [4.69, 9.17) is 16.3 Å². The first-order valence-corrected chi connectivity index (χ1v) is 7.42. The van der Waals surface area contributed by atoms with Crippen LogP contribution < -0.4 is 15.6 Å². The lowest BCUT2D eigenvalue weighted by Crippen LogP contribution is -2.44. The molecule has 0 atom stereocenters. The zero-order valence-electron chi connectivity index (χ0n) is 12.6. The minimum atomic E-state index is -0.435. The molecule has 0 aliphatic carbocycles. The molecule has 0 spiro atoms. The van der Waals surface area contributed by atoms with Crippen LogP contribution in [0.4, 0.5) is 0 Å². The second kappa shape index (κ2) is 8.19. The molecule has 23 heavy (non-hydrogen) atoms. The summed E-state index contributed by atoms with van der Waals surface area (Å²) in [4.78, 5) is 23.3. The minimum Gasteiger partial charge on any atom is -0.484 e. The fraction of sp³-hybridized carbons (Fsp3) is 0.176. The van der Waals surface area contributed by atoms with Crippen molar-refractivity contribution in [2.75, 3.05) is 6.61 Å². The van der Waals surface area contributed by atoms with Gasteiger partial charge in [-0.3, -0.25) is 20.4 Å². The number of hydrogen-bond donors (Lipinski definition) is 2. The smallest absolute Gasteiger partial charge is 0.276 e. The minimum absolute atomic E-state index is 0.149. The maximum Gasteiger partial charge on any atom is 0.276 e. The van der Waals surface area contributed by atoms with Crippen LogP contribution in [0.15, 0.2) is 48.5 Å². The van der Waals surface area contributed by atoms with Gasteiger partial charge in [0.05, 0.1) is 6.42 Å². The highest BCUT2D eigenvalue weighted by molar-refractivity contribution is 6.30. The van der Waals surface area contributed by atoms with E-state index >= 15 is 0 Å². The van der Waals surface area contributed by atoms with Crippen LogP contribution in [-0.4, -0.2) is 18.4 Å². The predicted molar refractivity (Wildman–Crippen MR) is 88.1 cm³/mol. The van der Waals surface area contributed by atoms with Gasteiger partial charge in [-0.15, -0.1) is 0 Å². The fourth-order valence-electron chi connectivity index (χ4n) is 1.79. The fourth-order valence-corrected chi connectivity index (χ4v) is 1.92. The third kappa shape index (κ3) is 6.00. The summed E-state index contributed by atoms with van der Waals surface area (Å²) in [5, 5.41) is 0.607. The Labute approximate surface area is 139 Å². The predicted octanol–water partition coefficient (Wildman–Crippen LogP) is 2.42. The van der Waals surface area contributed by atoms with Crippen LogP contribution >= 0.6 is 11.6 Å². The zero-order valence-corrected chi connectivity index (χ0v) is 13.4. The Morgan fingerprint density at radius 3 is 2.22 bits per heavy atom. The summed E-state index contributed by atoms with van der Waals surface area (Å²) in [5.74, 6) is -0.163. The van der Waals surface area contributed by atoms with Gasteiger partial charge in [-0.05, 0) is 36.8 Å². The molecule has 2 aromatic rings. The van der Waals surface area contributed by atoms with Gasteiger partial charge in [-0.25, -0.2) is 0 Å². The van der Waals surface area contributed by atoms with Crippen LogP contribution in [0.25, 0.3) is 0 Å². The number of amides is 2. The van der Waals surface area contributed by atoms with Crippen molar-refractivity contribution in [1.29, 1.82) is 0 Å². The van der Waals surface area contributed by atoms with Gasteiger partial charge < -0.3 is 4.74 Å². The molecule has 2 rings (SSSR count). The van der Waals surface area contributed by atoms with Crippen molar-refractivity contribution in [2.24, 2.45) is 0 Å². The molecule has 0 aliphatic rings. The molecule has 120 valence electrons. The van der Waals surface area contributed by atoms with Gasteiger partial charge in [0.2, 0.25) is 5.91 Å². The quantitative estimate of drug-likeness (QED) is 0.826. The number of benzene rings is 2. The monoisotopic (exact) mass is 332 g/mol. The van der Waals surface area contributed by atoms with E-state index < -0.39 is 5.91 Å². The van der Waals surface area contributed by atoms with E-state index in [9.17, 15) is 9.59 Å². The standard InChI is InChI=1S/C17H17ClN2O3/c1-12-2-8-15(9-3-12)23-11-17(22)20-19-16(21)10-13-4-6-14(18)7-5-13/h2-9H,10-11H2,1H3,(H,19,21)(H,20,22). The molecular formula is C17H17ClN2O3. The van der Waals surface area contributed by atoms with Gasteiger partial charge in [0.1, 0.15) is 5.75 Å². The summed E-state index contributed by atoms with van der Waals surface area (Å²) in [6, 6.07) is 14.3. The van der Waals surface area contributed by atoms with E-state index in [2.05, 4.69) is 10.9 Å². The second-order valence-corrected chi connectivity index (χ2v) is 5.44. The Hall–Kier alpha value is -2.53. The third-order valence-corrected chi connectivity index (χ3v) is 3.26. The number of ether oxygens (including phenoxy) is 1. The molecule has 0 aromatic heterocycles. The molecule has 6 heteroatoms. The Morgan fingerprint density at radius 2 is 1.57 bits per heavy atom. The molecule has 0 unspecified atom stereocenters. The van der Waals surface area contributed by atoms with Crippen molar-refractivity contribution in [2.45, 2.75) is 13.3 Å². The van der Waals surface area contributed by atoms with Gasteiger partial charge in [0, 0.05) is 5.02 Å². The van der Waals surface area contributed by atoms with E-state index in [-0.39, 0.29) is 18.9 Å². The van der Waals surface area contributed by atoms with Crippen molar-refractivity contribution in [1.82, 2.24) is 10.9 Å². The molecule has 0 heterocycles. The highest BCUT2D eigenvalue weighted by Crippen LogP contribution is 2.11. The topological polar surface area (TPSA) is 67.4 Å². The van der Waals surface area contributed by atoms with Crippen molar-refractivity contribution >= 4 is 23.4 Å². The van der Waals surface area contributed by atoms with Crippen molar-refractivity contribution < 1.29 is 14.3 Å². The maximum atomic E-state index is 11.7. The average Bonchev–Trinajstić information content (AvgIpc) is 2.54. The normalized spacial score (nSPS) is 10.0. The van der Waals surface area contributed by atoms with Gasteiger partial charge in [0.25, 0.3) is 5.91 Å². The number of carbonyl (C=O) groups is 2. The Kier molecular flexibility index (Phi) is 6.00. The number of rotatable bonds is 5. The summed E-state index contributed by atoms with van der Waals surface area (Å²) in [5.41, 5.74) is 6.56. The summed E-state index contributed by atoms with van der Waals surface area (Å²) in [6.07, 6.45) is 0.149. The van der Waals surface area contributed by atoms with E-state index in [1.165, 1.54) is 0 Å². The first-order valence-electron chi connectivity index (χ1n) is 7.04. The Balaban J connectivity index is 1.70. The molecule has 5 nitrogen and oxygen atoms in total. The number of carbonyl (C=O) groups excluding carboxylic acids is 2. The summed E-state index contributed by atoms with van der Waals surface area (Å²) < 4.78 is 5.31. The van der Waals surface area contributed by atoms with E-state index in [0.717, 1.165) is 11.1 Å². The molecule has 0 fully saturated rings. The molecule has 0 saturated carbocycles. The van der Waals surface area contributed by atoms with Gasteiger partial charge >= 0.3 is 0 Å². The van der Waals surface area contributed by atoms with Gasteiger partial charge in [0.15, 0.2) is 6.61 Å². The van der Waals surface area contributed by atoms with E-state index in [0.29, 0.717) is 10.8 Å². The molecule has 0 bridgehead atoms. The van der Waals surface area contributed by atoms with Crippen LogP contribution in [0.1, 0.15) is 11.1 Å². The maximum absolute atomic E-state index is 11.7. The summed E-state index contributed by atoms with van der Waals surface area (Å²) >= 11 is 5.77. The number of aryl methyl sites for hydroxylation is 1. The molecule has 2 N–H and O–H groups in total. The Bertz CT molecular complexity index is 669. The molecular weight excluding hydrogens is 316 g/mol. The first kappa shape index (κ1) is 16.8. The van der Waals surface area contributed by atoms with Crippen LogP contribution in [0.2, 0.25) is 5.02 Å². The second-order valence-electron chi connectivity index (χ2n) is 5.00. The number of halogens is 1. The number of nitrogens with one attached hydrogen (secondary N) is 2. The molecule has 2 aromatic carbocycles. The SMILES string of the molecule is Cc1ccc(OCC(=O)NNC(=O)Cc2ccc(Cl)cc2)cc1. The molecule has 0 aliphatic heterocycles. The van der Waals surface area contributed by atoms with Crippen LogP contribution in [0.3, 0.4) is 0 Å². The van der Waals surface area contributed by atoms with Crippen molar-refractivity contribution in [3.05, 3.63) is 64.7 Å². The highest BCUT2D eigenvalue weighted by Gasteiger charge is 2.06. The molecule has 0 radical (unpaired) electrons. The summed E-state index contributed by atoms with van der Waals surface area (Å²) in [7, 11) is 0. The van der Waals surface area contributed by atoms with Gasteiger partial charge in [-0.2, -0.15) is 0 Å². The van der Waals surface area contributed by atoms with Crippen molar-refractivity contribution in [3.63, 3.8) is 0 Å². The lowest BCUT2D eigenvalue weighted by Gasteiger charge is -2.09. The number of hydrogen-bond acceptors (Lipinski definition) is 3. The average molecular weight is 333 g/mol. The Morgan fingerprint density at radius 1 is 0.957 bits per heavy atom. The zero-order chi connectivity index (χ0) is 16.7. The van der Waals surface area contributed by atoms with Crippen LogP contribution in [0, 0.1) is 6.92 Å². The van der Waals surface area contributed by atoms with Crippen LogP contribution in [-0.2, 0) is 16.0 Å². The van der Waals surface area contributed by atoms with E-state index in [1.54, 1.807) is 36.4 Å². The lowest BCUT2D eigenvalue weighted by molar-refractivity contribution is -0.129. The lowest BCUT2D eigenvalue weighted by atomic mass is 10.1. The first-order chi connectivity index (χ1) is 11.0. The largest absolute Gasteiger partial charge is 0.484 e. The summed E-state index contributed by atoms with van der Waals surface area (Å²) in [6.45, 7) is 1.79. The van der Waals surface area contributed by atoms with E-state index in [1.807, 2.05) is 19.1 Å². The molecule has 2 amide bonds. The van der Waals surface area contributed by atoms with Gasteiger partial charge in [-0.1, -0.05) is 41.4 Å². The van der Waals surface area contributed by atoms with Crippen LogP contribution in [0.5, 0.6) is 5.75 Å². The molecule has 0 saturated heterocycles. The van der Waals surface area contributed by atoms with Crippen molar-refractivity contribution in [3.8, 4) is 5.75 Å². The highest BCUT2D eigenvalue weighted by atomic mass is 35.5.